The van der Waals surface area contributed by atoms with Crippen LogP contribution in [0.2, 0.25) is 0 Å². The first-order chi connectivity index (χ1) is 18.5. The average molecular weight is 525 g/mol. The summed E-state index contributed by atoms with van der Waals surface area (Å²) in [5.41, 5.74) is 4.97. The van der Waals surface area contributed by atoms with Gasteiger partial charge in [-0.15, -0.1) is 4.52 Å². The van der Waals surface area contributed by atoms with Crippen LogP contribution < -0.4 is 14.4 Å². The van der Waals surface area contributed by atoms with Crippen molar-refractivity contribution < 1.29 is 9.25 Å². The molecule has 0 bridgehead atoms. The molecule has 1 aliphatic rings. The Balaban J connectivity index is 1.24. The first kappa shape index (κ1) is 24.9. The van der Waals surface area contributed by atoms with Gasteiger partial charge in [0.2, 0.25) is 0 Å². The fourth-order valence-corrected chi connectivity index (χ4v) is 6.05. The molecule has 3 N–H and O–H groups in total. The number of benzene rings is 3. The summed E-state index contributed by atoms with van der Waals surface area (Å²) in [7, 11) is 0. The van der Waals surface area contributed by atoms with Crippen LogP contribution in [-0.4, -0.2) is 40.2 Å². The molecule has 1 aliphatic heterocycles. The Bertz CT molecular complexity index is 1570. The van der Waals surface area contributed by atoms with Crippen molar-refractivity contribution in [2.45, 2.75) is 43.6 Å². The number of hydrogen-bond acceptors (Lipinski definition) is 5. The normalized spacial score (nSPS) is 14.8. The van der Waals surface area contributed by atoms with Gasteiger partial charge in [0, 0.05) is 11.4 Å². The lowest BCUT2D eigenvalue weighted by atomic mass is 10.00. The van der Waals surface area contributed by atoms with E-state index in [9.17, 15) is 0 Å². The molecule has 1 saturated heterocycles. The zero-order chi connectivity index (χ0) is 26.1. The molecule has 0 unspecified atom stereocenters. The van der Waals surface area contributed by atoms with E-state index < -0.39 is 0 Å². The average Bonchev–Trinajstić information content (AvgIpc) is 3.36. The maximum Gasteiger partial charge on any atom is 0.355 e. The molecule has 5 aromatic rings. The van der Waals surface area contributed by atoms with Crippen LogP contribution in [0.1, 0.15) is 33.1 Å². The van der Waals surface area contributed by atoms with Crippen LogP contribution in [0.3, 0.4) is 0 Å². The number of aromatic amines is 1. The van der Waals surface area contributed by atoms with Gasteiger partial charge in [0.1, 0.15) is 17.5 Å². The van der Waals surface area contributed by atoms with E-state index in [1.807, 2.05) is 23.0 Å². The van der Waals surface area contributed by atoms with Crippen LogP contribution in [0.25, 0.3) is 38.7 Å². The second kappa shape index (κ2) is 10.4. The van der Waals surface area contributed by atoms with Crippen molar-refractivity contribution in [3.63, 3.8) is 0 Å². The number of fused-ring (bicyclic) bond motifs is 2. The topological polar surface area (TPSA) is 71.3 Å². The quantitative estimate of drug-likeness (QED) is 0.195. The molecule has 0 spiro atoms. The lowest BCUT2D eigenvalue weighted by Gasteiger charge is -2.35. The van der Waals surface area contributed by atoms with Crippen molar-refractivity contribution in [1.82, 2.24) is 15.0 Å². The van der Waals surface area contributed by atoms with Gasteiger partial charge in [-0.2, -0.15) is 0 Å². The Labute approximate surface area is 228 Å². The summed E-state index contributed by atoms with van der Waals surface area (Å²) in [6, 6.07) is 20.9. The van der Waals surface area contributed by atoms with E-state index in [0.29, 0.717) is 0 Å². The van der Waals surface area contributed by atoms with Gasteiger partial charge in [-0.1, -0.05) is 48.9 Å². The van der Waals surface area contributed by atoms with Crippen LogP contribution in [-0.2, 0) is 0 Å². The number of nitrogens with one attached hydrogen (secondary N) is 1. The van der Waals surface area contributed by atoms with Gasteiger partial charge < -0.3 is 4.74 Å². The molecule has 1 fully saturated rings. The fraction of sp³-hybridized carbons (Fsp3) is 0.290. The van der Waals surface area contributed by atoms with E-state index in [0.717, 1.165) is 55.9 Å². The van der Waals surface area contributed by atoms with Gasteiger partial charge >= 0.3 is 5.65 Å². The highest BCUT2D eigenvalue weighted by Gasteiger charge is 2.25. The molecule has 7 heteroatoms. The summed E-state index contributed by atoms with van der Waals surface area (Å²) in [6.45, 7) is 7.66. The number of H-pyrrole nitrogens is 1. The zero-order valence-electron chi connectivity index (χ0n) is 22.0. The van der Waals surface area contributed by atoms with Crippen LogP contribution in [0.5, 0.6) is 5.75 Å². The minimum absolute atomic E-state index is 0.235. The van der Waals surface area contributed by atoms with Crippen molar-refractivity contribution in [3.05, 3.63) is 79.3 Å². The smallest absolute Gasteiger partial charge is 0.355 e. The first-order valence-electron chi connectivity index (χ1n) is 13.3. The van der Waals surface area contributed by atoms with E-state index >= 15 is 0 Å². The summed E-state index contributed by atoms with van der Waals surface area (Å²) in [5.74, 6) is 0.894. The number of hydrogen-bond donors (Lipinski definition) is 2. The largest absolute Gasteiger partial charge is 0.487 e. The number of nitrogens with zero attached hydrogens (tertiary/aromatic N) is 3. The second-order valence-electron chi connectivity index (χ2n) is 10.7. The predicted molar refractivity (Wildman–Crippen MR) is 155 cm³/mol. The fourth-order valence-electron chi connectivity index (χ4n) is 5.60. The van der Waals surface area contributed by atoms with Crippen LogP contribution in [0, 0.1) is 0 Å². The third kappa shape index (κ3) is 5.01. The van der Waals surface area contributed by atoms with Crippen molar-refractivity contribution in [2.75, 3.05) is 19.6 Å². The van der Waals surface area contributed by atoms with Gasteiger partial charge in [-0.05, 0) is 96.8 Å². The third-order valence-corrected chi connectivity index (χ3v) is 7.96. The van der Waals surface area contributed by atoms with Crippen molar-refractivity contribution in [2.24, 2.45) is 5.14 Å². The molecule has 0 saturated carbocycles. The van der Waals surface area contributed by atoms with Gasteiger partial charge in [0.15, 0.2) is 6.20 Å². The molecular formula is C31H34N5OS+. The molecule has 3 aromatic carbocycles. The molecule has 38 heavy (non-hydrogen) atoms. The highest BCUT2D eigenvalue weighted by atomic mass is 32.2. The van der Waals surface area contributed by atoms with Crippen LogP contribution in [0.15, 0.2) is 84.1 Å². The summed E-state index contributed by atoms with van der Waals surface area (Å²) < 4.78 is 8.37. The van der Waals surface area contributed by atoms with Gasteiger partial charge in [0.25, 0.3) is 0 Å². The van der Waals surface area contributed by atoms with Gasteiger partial charge in [-0.3, -0.25) is 10.0 Å². The Kier molecular flexibility index (Phi) is 6.82. The monoisotopic (exact) mass is 524 g/mol. The highest BCUT2D eigenvalue weighted by Crippen LogP contribution is 2.34. The molecule has 0 atom stereocenters. The molecule has 194 valence electrons. The molecule has 0 aliphatic carbocycles. The standard InChI is InChI=1S/C31H33N5OS/c1-31(2,21-35-16-6-3-7-17-35)37-24-12-10-22(11-13-24)23-18-33-30-28(19-34-36(30)20-23)26-14-15-29(38-32)27-9-5-4-8-25(26)27/h4-5,8-15,18-20H,3,6-7,16-17,21,32H2,1-2H3/p+1. The summed E-state index contributed by atoms with van der Waals surface area (Å²) in [6.07, 6.45) is 9.98. The molecule has 6 rings (SSSR count). The minimum atomic E-state index is -0.235. The Morgan fingerprint density at radius 2 is 1.71 bits per heavy atom. The van der Waals surface area contributed by atoms with Crippen LogP contribution >= 0.6 is 11.9 Å². The number of ether oxygens (including phenoxy) is 1. The number of rotatable bonds is 7. The van der Waals surface area contributed by atoms with E-state index in [2.05, 4.69) is 84.6 Å². The maximum absolute atomic E-state index is 6.39. The lowest BCUT2D eigenvalue weighted by molar-refractivity contribution is -0.578. The van der Waals surface area contributed by atoms with Crippen molar-refractivity contribution >= 4 is 28.4 Å². The Morgan fingerprint density at radius 3 is 2.47 bits per heavy atom. The van der Waals surface area contributed by atoms with Crippen molar-refractivity contribution in [3.8, 4) is 28.0 Å². The maximum atomic E-state index is 6.39. The lowest BCUT2D eigenvalue weighted by Crippen LogP contribution is -2.44. The van der Waals surface area contributed by atoms with E-state index in [4.69, 9.17) is 14.9 Å². The number of aromatic nitrogens is 3. The Hall–Kier alpha value is -3.39. The first-order valence-corrected chi connectivity index (χ1v) is 14.2. The van der Waals surface area contributed by atoms with Gasteiger partial charge in [0.05, 0.1) is 17.3 Å². The van der Waals surface area contributed by atoms with Gasteiger partial charge in [-0.25, -0.2) is 5.10 Å². The molecule has 2 aromatic heterocycles. The highest BCUT2D eigenvalue weighted by molar-refractivity contribution is 7.97. The Morgan fingerprint density at radius 1 is 0.947 bits per heavy atom. The zero-order valence-corrected chi connectivity index (χ0v) is 22.8. The molecular weight excluding hydrogens is 490 g/mol. The summed E-state index contributed by atoms with van der Waals surface area (Å²) >= 11 is 1.28. The number of nitrogens with two attached hydrogens (primary N) is 1. The minimum Gasteiger partial charge on any atom is -0.487 e. The second-order valence-corrected chi connectivity index (χ2v) is 11.4. The van der Waals surface area contributed by atoms with E-state index in [-0.39, 0.29) is 5.60 Å². The SMILES string of the molecule is CC(C)(CN1CCCCC1)Oc1ccc(-c2cnc3c(-c4ccc(SN)c5ccccc45)c[nH][n+]3c2)cc1. The number of piperidine rings is 1. The molecule has 3 heterocycles. The van der Waals surface area contributed by atoms with Crippen molar-refractivity contribution in [1.29, 1.82) is 0 Å². The molecule has 6 nitrogen and oxygen atoms in total. The molecule has 0 amide bonds. The summed E-state index contributed by atoms with van der Waals surface area (Å²) in [5, 5.41) is 11.6. The van der Waals surface area contributed by atoms with E-state index in [1.165, 1.54) is 44.3 Å². The summed E-state index contributed by atoms with van der Waals surface area (Å²) in [4.78, 5) is 8.44. The number of likely N-dealkylation sites (tertiary alicyclic amines) is 1. The van der Waals surface area contributed by atoms with Crippen LogP contribution in [0.4, 0.5) is 0 Å². The third-order valence-electron chi connectivity index (χ3n) is 7.35. The molecule has 0 radical (unpaired) electrons. The predicted octanol–water partition coefficient (Wildman–Crippen LogP) is 6.24. The van der Waals surface area contributed by atoms with E-state index in [1.54, 1.807) is 0 Å².